The molecule has 5 heteroatoms. The van der Waals surface area contributed by atoms with Crippen molar-refractivity contribution >= 4 is 5.97 Å². The number of carbonyl (C=O) groups excluding carboxylic acids is 1. The molecule has 0 aliphatic heterocycles. The fourth-order valence-electron chi connectivity index (χ4n) is 1.34. The van der Waals surface area contributed by atoms with Crippen LogP contribution in [0.25, 0.3) is 0 Å². The second-order valence-corrected chi connectivity index (χ2v) is 3.18. The van der Waals surface area contributed by atoms with Crippen molar-refractivity contribution in [3.05, 3.63) is 29.3 Å². The number of nitriles is 1. The van der Waals surface area contributed by atoms with Gasteiger partial charge >= 0.3 is 5.97 Å². The van der Waals surface area contributed by atoms with E-state index < -0.39 is 12.1 Å². The topological polar surface area (TPSA) is 59.3 Å². The first-order valence-corrected chi connectivity index (χ1v) is 5.02. The highest BCUT2D eigenvalue weighted by Gasteiger charge is 2.24. The third-order valence-electron chi connectivity index (χ3n) is 2.13. The molecule has 0 saturated carbocycles. The number of rotatable bonds is 4. The number of nitrogens with zero attached hydrogens (tertiary/aromatic N) is 1. The molecule has 0 N–H and O–H groups in total. The first kappa shape index (κ1) is 13.0. The Morgan fingerprint density at radius 2 is 2.29 bits per heavy atom. The van der Waals surface area contributed by atoms with Crippen LogP contribution in [0.4, 0.5) is 4.39 Å². The maximum atomic E-state index is 13.8. The Morgan fingerprint density at radius 3 is 2.82 bits per heavy atom. The summed E-state index contributed by atoms with van der Waals surface area (Å²) in [7, 11) is 1.36. The molecule has 17 heavy (non-hydrogen) atoms. The number of hydrogen-bond acceptors (Lipinski definition) is 4. The van der Waals surface area contributed by atoms with Gasteiger partial charge in [-0.3, -0.25) is 0 Å². The maximum Gasteiger partial charge on any atom is 0.345 e. The van der Waals surface area contributed by atoms with Gasteiger partial charge in [-0.1, -0.05) is 0 Å². The van der Waals surface area contributed by atoms with Crippen LogP contribution in [0.1, 0.15) is 24.2 Å². The van der Waals surface area contributed by atoms with Crippen molar-refractivity contribution in [2.45, 2.75) is 13.1 Å². The van der Waals surface area contributed by atoms with E-state index in [-0.39, 0.29) is 23.5 Å². The number of carbonyl (C=O) groups is 1. The average molecular weight is 237 g/mol. The number of halogens is 1. The van der Waals surface area contributed by atoms with E-state index in [0.29, 0.717) is 0 Å². The van der Waals surface area contributed by atoms with Crippen molar-refractivity contribution in [2.75, 3.05) is 13.7 Å². The number of alkyl halides is 1. The summed E-state index contributed by atoms with van der Waals surface area (Å²) in [6, 6.07) is 6.08. The summed E-state index contributed by atoms with van der Waals surface area (Å²) < 4.78 is 23.3. The van der Waals surface area contributed by atoms with Crippen molar-refractivity contribution in [3.8, 4) is 11.8 Å². The normalized spacial score (nSPS) is 11.4. The summed E-state index contributed by atoms with van der Waals surface area (Å²) in [5, 5.41) is 8.72. The van der Waals surface area contributed by atoms with Gasteiger partial charge in [-0.15, -0.1) is 0 Å². The van der Waals surface area contributed by atoms with Gasteiger partial charge in [0.25, 0.3) is 0 Å². The molecule has 0 amide bonds. The highest BCUT2D eigenvalue weighted by molar-refractivity contribution is 5.77. The van der Waals surface area contributed by atoms with E-state index in [1.165, 1.54) is 25.3 Å². The summed E-state index contributed by atoms with van der Waals surface area (Å²) in [6.45, 7) is 1.69. The fourth-order valence-corrected chi connectivity index (χ4v) is 1.34. The molecule has 1 aromatic rings. The maximum absolute atomic E-state index is 13.8. The molecule has 4 nitrogen and oxygen atoms in total. The van der Waals surface area contributed by atoms with Gasteiger partial charge in [0.1, 0.15) is 5.75 Å². The highest BCUT2D eigenvalue weighted by Crippen LogP contribution is 2.29. The Hall–Kier alpha value is -2.09. The number of ether oxygens (including phenoxy) is 2. The molecule has 0 heterocycles. The highest BCUT2D eigenvalue weighted by atomic mass is 19.1. The van der Waals surface area contributed by atoms with Crippen LogP contribution in [-0.2, 0) is 9.53 Å². The molecule has 0 aromatic heterocycles. The molecular formula is C12H12FNO3. The molecule has 1 atom stereocenters. The predicted octanol–water partition coefficient (Wildman–Crippen LogP) is 2.14. The van der Waals surface area contributed by atoms with E-state index in [4.69, 9.17) is 10.00 Å². The van der Waals surface area contributed by atoms with Gasteiger partial charge in [-0.2, -0.15) is 5.26 Å². The van der Waals surface area contributed by atoms with Crippen LogP contribution in [0.15, 0.2) is 18.2 Å². The van der Waals surface area contributed by atoms with Crippen LogP contribution in [0.3, 0.4) is 0 Å². The smallest absolute Gasteiger partial charge is 0.345 e. The van der Waals surface area contributed by atoms with E-state index in [0.717, 1.165) is 0 Å². The van der Waals surface area contributed by atoms with Crippen LogP contribution >= 0.6 is 0 Å². The van der Waals surface area contributed by atoms with Crippen molar-refractivity contribution in [1.29, 1.82) is 5.26 Å². The van der Waals surface area contributed by atoms with Crippen LogP contribution in [0.2, 0.25) is 0 Å². The van der Waals surface area contributed by atoms with Crippen LogP contribution < -0.4 is 4.74 Å². The number of benzene rings is 1. The Morgan fingerprint density at radius 1 is 1.59 bits per heavy atom. The summed E-state index contributed by atoms with van der Waals surface area (Å²) >= 11 is 0. The van der Waals surface area contributed by atoms with Gasteiger partial charge in [0.05, 0.1) is 25.3 Å². The molecule has 0 aliphatic rings. The van der Waals surface area contributed by atoms with Crippen molar-refractivity contribution in [1.82, 2.24) is 0 Å². The van der Waals surface area contributed by atoms with E-state index >= 15 is 0 Å². The van der Waals surface area contributed by atoms with E-state index in [2.05, 4.69) is 4.74 Å². The molecule has 1 unspecified atom stereocenters. The molecule has 0 bridgehead atoms. The molecule has 1 aromatic carbocycles. The molecular weight excluding hydrogens is 225 g/mol. The summed E-state index contributed by atoms with van der Waals surface area (Å²) in [5.41, 5.74) is 0.262. The summed E-state index contributed by atoms with van der Waals surface area (Å²) in [6.07, 6.45) is -1.95. The number of hydrogen-bond donors (Lipinski definition) is 0. The van der Waals surface area contributed by atoms with Crippen LogP contribution in [0.5, 0.6) is 5.75 Å². The third-order valence-corrected chi connectivity index (χ3v) is 2.13. The minimum Gasteiger partial charge on any atom is -0.496 e. The molecule has 0 radical (unpaired) electrons. The van der Waals surface area contributed by atoms with Gasteiger partial charge in [0, 0.05) is 5.56 Å². The lowest BCUT2D eigenvalue weighted by atomic mass is 10.1. The summed E-state index contributed by atoms with van der Waals surface area (Å²) in [5.74, 6) is -0.773. The monoisotopic (exact) mass is 237 g/mol. The average Bonchev–Trinajstić information content (AvgIpc) is 2.37. The van der Waals surface area contributed by atoms with Crippen molar-refractivity contribution < 1.29 is 18.7 Å². The molecule has 0 fully saturated rings. The zero-order valence-electron chi connectivity index (χ0n) is 9.57. The van der Waals surface area contributed by atoms with Crippen molar-refractivity contribution in [3.63, 3.8) is 0 Å². The third kappa shape index (κ3) is 2.94. The second-order valence-electron chi connectivity index (χ2n) is 3.18. The Kier molecular flexibility index (Phi) is 4.46. The Balaban J connectivity index is 3.10. The van der Waals surface area contributed by atoms with Crippen LogP contribution in [0, 0.1) is 11.3 Å². The molecule has 0 aliphatic carbocycles. The number of methoxy groups -OCH3 is 1. The zero-order chi connectivity index (χ0) is 12.8. The first-order valence-electron chi connectivity index (χ1n) is 5.02. The molecule has 1 rings (SSSR count). The van der Waals surface area contributed by atoms with Gasteiger partial charge in [0.2, 0.25) is 6.17 Å². The minimum atomic E-state index is -1.95. The zero-order valence-corrected chi connectivity index (χ0v) is 9.57. The standard InChI is InChI=1S/C12H12FNO3/c1-3-17-12(15)11(13)9-6-8(7-14)4-5-10(9)16-2/h4-6,11H,3H2,1-2H3. The Bertz CT molecular complexity index is 454. The first-order chi connectivity index (χ1) is 8.13. The minimum absolute atomic E-state index is 0.00463. The van der Waals surface area contributed by atoms with Gasteiger partial charge in [-0.25, -0.2) is 9.18 Å². The van der Waals surface area contributed by atoms with Crippen molar-refractivity contribution in [2.24, 2.45) is 0 Å². The molecule has 90 valence electrons. The second kappa shape index (κ2) is 5.85. The van der Waals surface area contributed by atoms with Crippen LogP contribution in [-0.4, -0.2) is 19.7 Å². The fraction of sp³-hybridized carbons (Fsp3) is 0.333. The van der Waals surface area contributed by atoms with E-state index in [9.17, 15) is 9.18 Å². The van der Waals surface area contributed by atoms with E-state index in [1.807, 2.05) is 6.07 Å². The summed E-state index contributed by atoms with van der Waals surface area (Å²) in [4.78, 5) is 11.3. The Labute approximate surface area is 98.6 Å². The predicted molar refractivity (Wildman–Crippen MR) is 58.2 cm³/mol. The number of esters is 1. The van der Waals surface area contributed by atoms with Gasteiger partial charge < -0.3 is 9.47 Å². The van der Waals surface area contributed by atoms with Gasteiger partial charge in [0.15, 0.2) is 0 Å². The lowest BCUT2D eigenvalue weighted by Crippen LogP contribution is -2.13. The lowest BCUT2D eigenvalue weighted by Gasteiger charge is -2.12. The lowest BCUT2D eigenvalue weighted by molar-refractivity contribution is -0.149. The molecule has 0 spiro atoms. The SMILES string of the molecule is CCOC(=O)C(F)c1cc(C#N)ccc1OC. The quantitative estimate of drug-likeness (QED) is 0.753. The molecule has 0 saturated heterocycles. The largest absolute Gasteiger partial charge is 0.496 e. The van der Waals surface area contributed by atoms with Gasteiger partial charge in [-0.05, 0) is 25.1 Å². The van der Waals surface area contributed by atoms with E-state index in [1.54, 1.807) is 6.92 Å².